The Labute approximate surface area is 125 Å². The number of benzene rings is 1. The Morgan fingerprint density at radius 3 is 2.76 bits per heavy atom. The van der Waals surface area contributed by atoms with Gasteiger partial charge in [-0.15, -0.1) is 6.58 Å². The SMILES string of the molecule is C=CCNC(=O)CN(c1cccc(OCC)c1)S(C)(=O)=O. The highest BCUT2D eigenvalue weighted by Crippen LogP contribution is 2.23. The first-order chi connectivity index (χ1) is 9.88. The molecule has 0 spiro atoms. The number of nitrogens with zero attached hydrogens (tertiary/aromatic N) is 1. The zero-order chi connectivity index (χ0) is 15.9. The lowest BCUT2D eigenvalue weighted by molar-refractivity contribution is -0.119. The van der Waals surface area contributed by atoms with Gasteiger partial charge in [0.1, 0.15) is 12.3 Å². The van der Waals surface area contributed by atoms with Crippen LogP contribution in [0.3, 0.4) is 0 Å². The van der Waals surface area contributed by atoms with E-state index in [1.54, 1.807) is 24.3 Å². The molecule has 0 fully saturated rings. The molecule has 0 saturated heterocycles. The molecule has 7 heteroatoms. The topological polar surface area (TPSA) is 75.7 Å². The fraction of sp³-hybridized carbons (Fsp3) is 0.357. The predicted octanol–water partition coefficient (Wildman–Crippen LogP) is 1.15. The molecule has 0 aliphatic rings. The summed E-state index contributed by atoms with van der Waals surface area (Å²) in [5.41, 5.74) is 0.386. The van der Waals surface area contributed by atoms with Crippen LogP contribution < -0.4 is 14.4 Å². The number of carbonyl (C=O) groups excluding carboxylic acids is 1. The molecule has 1 aromatic rings. The fourth-order valence-electron chi connectivity index (χ4n) is 1.67. The molecule has 1 aromatic carbocycles. The van der Waals surface area contributed by atoms with Crippen molar-refractivity contribution in [3.05, 3.63) is 36.9 Å². The number of anilines is 1. The lowest BCUT2D eigenvalue weighted by Gasteiger charge is -2.22. The molecule has 21 heavy (non-hydrogen) atoms. The van der Waals surface area contributed by atoms with E-state index in [-0.39, 0.29) is 13.1 Å². The molecule has 0 heterocycles. The summed E-state index contributed by atoms with van der Waals surface area (Å²) in [5.74, 6) is 0.150. The number of ether oxygens (including phenoxy) is 1. The Morgan fingerprint density at radius 1 is 1.48 bits per heavy atom. The zero-order valence-electron chi connectivity index (χ0n) is 12.2. The van der Waals surface area contributed by atoms with E-state index in [1.807, 2.05) is 6.92 Å². The number of amides is 1. The Hall–Kier alpha value is -2.02. The average Bonchev–Trinajstić information content (AvgIpc) is 2.42. The molecule has 1 amide bonds. The third-order valence-corrected chi connectivity index (χ3v) is 3.69. The number of hydrogen-bond acceptors (Lipinski definition) is 4. The minimum Gasteiger partial charge on any atom is -0.494 e. The van der Waals surface area contributed by atoms with E-state index in [9.17, 15) is 13.2 Å². The Balaban J connectivity index is 3.00. The van der Waals surface area contributed by atoms with E-state index in [2.05, 4.69) is 11.9 Å². The van der Waals surface area contributed by atoms with Crippen LogP contribution >= 0.6 is 0 Å². The van der Waals surface area contributed by atoms with Crippen LogP contribution in [0.1, 0.15) is 6.92 Å². The number of hydrogen-bond donors (Lipinski definition) is 1. The molecule has 0 aliphatic carbocycles. The molecule has 1 rings (SSSR count). The molecule has 1 N–H and O–H groups in total. The van der Waals surface area contributed by atoms with Gasteiger partial charge in [-0.25, -0.2) is 8.42 Å². The van der Waals surface area contributed by atoms with Gasteiger partial charge in [-0.05, 0) is 19.1 Å². The van der Waals surface area contributed by atoms with E-state index in [0.717, 1.165) is 10.6 Å². The summed E-state index contributed by atoms with van der Waals surface area (Å²) in [6.07, 6.45) is 2.58. The fourth-order valence-corrected chi connectivity index (χ4v) is 2.52. The second kappa shape index (κ2) is 7.68. The highest BCUT2D eigenvalue weighted by Gasteiger charge is 2.20. The van der Waals surface area contributed by atoms with E-state index in [4.69, 9.17) is 4.74 Å². The van der Waals surface area contributed by atoms with Gasteiger partial charge in [0.2, 0.25) is 15.9 Å². The van der Waals surface area contributed by atoms with Crippen LogP contribution in [0.25, 0.3) is 0 Å². The van der Waals surface area contributed by atoms with E-state index in [1.165, 1.54) is 6.08 Å². The van der Waals surface area contributed by atoms with E-state index < -0.39 is 15.9 Å². The second-order valence-corrected chi connectivity index (χ2v) is 6.20. The minimum absolute atomic E-state index is 0.287. The Kier molecular flexibility index (Phi) is 6.23. The van der Waals surface area contributed by atoms with Crippen LogP contribution in [-0.2, 0) is 14.8 Å². The van der Waals surface area contributed by atoms with Gasteiger partial charge in [-0.1, -0.05) is 12.1 Å². The van der Waals surface area contributed by atoms with Gasteiger partial charge in [-0.2, -0.15) is 0 Å². The van der Waals surface area contributed by atoms with Crippen LogP contribution in [0, 0.1) is 0 Å². The molecule has 0 radical (unpaired) electrons. The maximum absolute atomic E-state index is 11.9. The number of carbonyl (C=O) groups is 1. The van der Waals surface area contributed by atoms with Crippen molar-refractivity contribution in [3.8, 4) is 5.75 Å². The lowest BCUT2D eigenvalue weighted by Crippen LogP contribution is -2.40. The van der Waals surface area contributed by atoms with Gasteiger partial charge >= 0.3 is 0 Å². The van der Waals surface area contributed by atoms with Crippen LogP contribution in [0.4, 0.5) is 5.69 Å². The summed E-state index contributed by atoms with van der Waals surface area (Å²) in [4.78, 5) is 11.7. The molecular weight excluding hydrogens is 292 g/mol. The van der Waals surface area contributed by atoms with Gasteiger partial charge in [0.15, 0.2) is 0 Å². The Morgan fingerprint density at radius 2 is 2.19 bits per heavy atom. The summed E-state index contributed by atoms with van der Waals surface area (Å²) in [6.45, 7) is 5.80. The maximum Gasteiger partial charge on any atom is 0.241 e. The summed E-state index contributed by atoms with van der Waals surface area (Å²) >= 11 is 0. The van der Waals surface area contributed by atoms with Gasteiger partial charge in [0.25, 0.3) is 0 Å². The molecule has 0 bridgehead atoms. The normalized spacial score (nSPS) is 10.8. The molecule has 0 aromatic heterocycles. The number of rotatable bonds is 8. The number of nitrogens with one attached hydrogen (secondary N) is 1. The van der Waals surface area contributed by atoms with Crippen LogP contribution in [0.5, 0.6) is 5.75 Å². The van der Waals surface area contributed by atoms with Gasteiger partial charge in [0.05, 0.1) is 18.6 Å². The van der Waals surface area contributed by atoms with Crippen molar-refractivity contribution in [3.63, 3.8) is 0 Å². The zero-order valence-corrected chi connectivity index (χ0v) is 13.0. The van der Waals surface area contributed by atoms with Gasteiger partial charge in [-0.3, -0.25) is 9.10 Å². The van der Waals surface area contributed by atoms with Crippen molar-refractivity contribution in [2.75, 3.05) is 30.3 Å². The molecule has 0 unspecified atom stereocenters. The van der Waals surface area contributed by atoms with E-state index in [0.29, 0.717) is 18.0 Å². The predicted molar refractivity (Wildman–Crippen MR) is 83.0 cm³/mol. The van der Waals surface area contributed by atoms with Gasteiger partial charge in [0, 0.05) is 12.6 Å². The Bertz CT molecular complexity index is 599. The molecule has 0 atom stereocenters. The van der Waals surface area contributed by atoms with Crippen molar-refractivity contribution in [2.24, 2.45) is 0 Å². The third kappa shape index (κ3) is 5.47. The third-order valence-electron chi connectivity index (χ3n) is 2.55. The van der Waals surface area contributed by atoms with Crippen LogP contribution in [0.2, 0.25) is 0 Å². The minimum atomic E-state index is -3.58. The summed E-state index contributed by atoms with van der Waals surface area (Å²) in [6, 6.07) is 6.61. The van der Waals surface area contributed by atoms with Crippen molar-refractivity contribution >= 4 is 21.6 Å². The monoisotopic (exact) mass is 312 g/mol. The van der Waals surface area contributed by atoms with Crippen molar-refractivity contribution < 1.29 is 17.9 Å². The highest BCUT2D eigenvalue weighted by molar-refractivity contribution is 7.92. The molecule has 0 aliphatic heterocycles. The molecular formula is C14H20N2O4S. The van der Waals surface area contributed by atoms with Crippen molar-refractivity contribution in [2.45, 2.75) is 6.92 Å². The van der Waals surface area contributed by atoms with Crippen molar-refractivity contribution in [1.82, 2.24) is 5.32 Å². The standard InChI is InChI=1S/C14H20N2O4S/c1-4-9-15-14(17)11-16(21(3,18)19)12-7-6-8-13(10-12)20-5-2/h4,6-8,10H,1,5,9,11H2,2-3H3,(H,15,17). The molecule has 116 valence electrons. The molecule has 6 nitrogen and oxygen atoms in total. The molecule has 0 saturated carbocycles. The first-order valence-electron chi connectivity index (χ1n) is 6.46. The smallest absolute Gasteiger partial charge is 0.241 e. The first kappa shape index (κ1) is 17.0. The lowest BCUT2D eigenvalue weighted by atomic mass is 10.3. The van der Waals surface area contributed by atoms with E-state index >= 15 is 0 Å². The summed E-state index contributed by atoms with van der Waals surface area (Å²) < 4.78 is 30.2. The first-order valence-corrected chi connectivity index (χ1v) is 8.31. The quantitative estimate of drug-likeness (QED) is 0.731. The largest absolute Gasteiger partial charge is 0.494 e. The van der Waals surface area contributed by atoms with Crippen LogP contribution in [0.15, 0.2) is 36.9 Å². The van der Waals surface area contributed by atoms with Crippen molar-refractivity contribution in [1.29, 1.82) is 0 Å². The summed E-state index contributed by atoms with van der Waals surface area (Å²) in [7, 11) is -3.58. The summed E-state index contributed by atoms with van der Waals surface area (Å²) in [5, 5.41) is 2.55. The highest BCUT2D eigenvalue weighted by atomic mass is 32.2. The van der Waals surface area contributed by atoms with Gasteiger partial charge < -0.3 is 10.1 Å². The maximum atomic E-state index is 11.9. The van der Waals surface area contributed by atoms with Crippen LogP contribution in [-0.4, -0.2) is 40.3 Å². The average molecular weight is 312 g/mol. The number of sulfonamides is 1. The second-order valence-electron chi connectivity index (χ2n) is 4.29.